The fourth-order valence-electron chi connectivity index (χ4n) is 5.30. The van der Waals surface area contributed by atoms with Crippen LogP contribution in [0.2, 0.25) is 0 Å². The second kappa shape index (κ2) is 11.5. The molecule has 0 spiro atoms. The van der Waals surface area contributed by atoms with Crippen LogP contribution in [0.3, 0.4) is 0 Å². The summed E-state index contributed by atoms with van der Waals surface area (Å²) in [6.45, 7) is 5.11. The molecule has 2 heterocycles. The van der Waals surface area contributed by atoms with Crippen LogP contribution in [0.25, 0.3) is 0 Å². The molecule has 3 aliphatic rings. The van der Waals surface area contributed by atoms with Crippen molar-refractivity contribution in [3.05, 3.63) is 71.0 Å². The van der Waals surface area contributed by atoms with Gasteiger partial charge in [-0.1, -0.05) is 24.3 Å². The molecule has 8 nitrogen and oxygen atoms in total. The summed E-state index contributed by atoms with van der Waals surface area (Å²) in [5.74, 6) is -3.26. The first-order valence-electron chi connectivity index (χ1n) is 13.1. The number of carbonyl (C=O) groups is 1. The molecule has 2 aromatic carbocycles. The van der Waals surface area contributed by atoms with Crippen molar-refractivity contribution in [2.75, 3.05) is 26.3 Å². The molecule has 1 aliphatic carbocycles. The van der Waals surface area contributed by atoms with Gasteiger partial charge < -0.3 is 23.7 Å². The van der Waals surface area contributed by atoms with E-state index in [-0.39, 0.29) is 31.6 Å². The number of halogens is 3. The van der Waals surface area contributed by atoms with Crippen molar-refractivity contribution in [3.8, 4) is 0 Å². The number of hydrogen-bond acceptors (Lipinski definition) is 7. The summed E-state index contributed by atoms with van der Waals surface area (Å²) in [6, 6.07) is 9.45. The molecule has 2 saturated heterocycles. The Morgan fingerprint density at radius 3 is 2.49 bits per heavy atom. The first-order valence-corrected chi connectivity index (χ1v) is 13.1. The number of hydrazine groups is 1. The average Bonchev–Trinajstić information content (AvgIpc) is 3.22. The molecule has 212 valence electrons. The van der Waals surface area contributed by atoms with E-state index in [2.05, 4.69) is 5.43 Å². The Balaban J connectivity index is 1.42. The molecule has 0 aromatic heterocycles. The number of morpholine rings is 1. The van der Waals surface area contributed by atoms with Crippen LogP contribution in [-0.2, 0) is 41.7 Å². The van der Waals surface area contributed by atoms with Crippen molar-refractivity contribution in [2.24, 2.45) is 0 Å². The molecule has 1 saturated carbocycles. The highest BCUT2D eigenvalue weighted by Crippen LogP contribution is 2.44. The van der Waals surface area contributed by atoms with Gasteiger partial charge >= 0.3 is 0 Å². The molecule has 1 amide bonds. The molecule has 1 N–H and O–H groups in total. The maximum absolute atomic E-state index is 14.5. The van der Waals surface area contributed by atoms with Crippen molar-refractivity contribution in [2.45, 2.75) is 69.6 Å². The number of hydrogen-bond donors (Lipinski definition) is 1. The first-order chi connectivity index (χ1) is 18.6. The number of nitrogens with zero attached hydrogens (tertiary/aromatic N) is 1. The number of amides is 1. The van der Waals surface area contributed by atoms with E-state index in [1.807, 2.05) is 0 Å². The molecule has 0 radical (unpaired) electrons. The summed E-state index contributed by atoms with van der Waals surface area (Å²) in [5, 5.41) is 1.76. The van der Waals surface area contributed by atoms with Gasteiger partial charge in [-0.25, -0.2) is 18.2 Å². The molecule has 4 atom stereocenters. The number of rotatable bonds is 8. The lowest BCUT2D eigenvalue weighted by molar-refractivity contribution is -0.188. The molecule has 3 fully saturated rings. The van der Waals surface area contributed by atoms with Crippen molar-refractivity contribution >= 4 is 5.91 Å². The van der Waals surface area contributed by atoms with E-state index >= 15 is 0 Å². The van der Waals surface area contributed by atoms with Gasteiger partial charge in [0.25, 0.3) is 5.91 Å². The van der Waals surface area contributed by atoms with Gasteiger partial charge in [-0.3, -0.25) is 10.2 Å². The van der Waals surface area contributed by atoms with Gasteiger partial charge in [0.1, 0.15) is 23.6 Å². The van der Waals surface area contributed by atoms with E-state index in [1.54, 1.807) is 37.1 Å². The minimum atomic E-state index is -1.47. The zero-order valence-corrected chi connectivity index (χ0v) is 22.0. The van der Waals surface area contributed by atoms with E-state index in [0.29, 0.717) is 31.9 Å². The van der Waals surface area contributed by atoms with Crippen LogP contribution in [0.15, 0.2) is 42.5 Å². The van der Waals surface area contributed by atoms with E-state index in [4.69, 9.17) is 23.7 Å². The van der Waals surface area contributed by atoms with Gasteiger partial charge in [0.15, 0.2) is 11.4 Å². The highest BCUT2D eigenvalue weighted by Gasteiger charge is 2.58. The molecule has 11 heteroatoms. The number of carbonyl (C=O) groups excluding carboxylic acids is 1. The Bertz CT molecular complexity index is 1180. The molecule has 39 heavy (non-hydrogen) atoms. The predicted molar refractivity (Wildman–Crippen MR) is 132 cm³/mol. The number of fused-ring (bicyclic) bond motifs is 1. The summed E-state index contributed by atoms with van der Waals surface area (Å²) in [6.07, 6.45) is -1.72. The number of benzene rings is 2. The Kier molecular flexibility index (Phi) is 8.27. The van der Waals surface area contributed by atoms with Gasteiger partial charge in [-0.05, 0) is 26.0 Å². The van der Waals surface area contributed by atoms with Crippen LogP contribution in [0.5, 0.6) is 0 Å². The van der Waals surface area contributed by atoms with Crippen LogP contribution in [0, 0.1) is 17.5 Å². The Morgan fingerprint density at radius 2 is 1.74 bits per heavy atom. The lowest BCUT2D eigenvalue weighted by Gasteiger charge is -2.44. The Morgan fingerprint density at radius 1 is 1.00 bits per heavy atom. The average molecular weight is 551 g/mol. The predicted octanol–water partition coefficient (Wildman–Crippen LogP) is 3.62. The summed E-state index contributed by atoms with van der Waals surface area (Å²) in [4.78, 5) is 13.9. The molecular formula is C28H33F3N2O6. The second-order valence-electron chi connectivity index (χ2n) is 10.5. The summed E-state index contributed by atoms with van der Waals surface area (Å²) < 4.78 is 72.4. The lowest BCUT2D eigenvalue weighted by Crippen LogP contribution is -2.63. The third-order valence-electron chi connectivity index (χ3n) is 7.26. The Hall–Kier alpha value is -2.54. The van der Waals surface area contributed by atoms with Crippen LogP contribution < -0.4 is 5.43 Å². The largest absolute Gasteiger partial charge is 0.379 e. The molecule has 2 aromatic rings. The topological polar surface area (TPSA) is 78.5 Å². The maximum Gasteiger partial charge on any atom is 0.266 e. The molecule has 0 bridgehead atoms. The van der Waals surface area contributed by atoms with Crippen molar-refractivity contribution in [1.29, 1.82) is 0 Å². The monoisotopic (exact) mass is 550 g/mol. The molecule has 2 aliphatic heterocycles. The quantitative estimate of drug-likeness (QED) is 0.538. The lowest BCUT2D eigenvalue weighted by atomic mass is 9.78. The first kappa shape index (κ1) is 28.0. The van der Waals surface area contributed by atoms with Crippen molar-refractivity contribution < 1.29 is 41.7 Å². The second-order valence-corrected chi connectivity index (χ2v) is 10.5. The smallest absolute Gasteiger partial charge is 0.266 e. The number of ether oxygens (including phenoxy) is 5. The van der Waals surface area contributed by atoms with Crippen molar-refractivity contribution in [3.63, 3.8) is 0 Å². The van der Waals surface area contributed by atoms with Gasteiger partial charge in [0, 0.05) is 43.1 Å². The number of nitrogens with one attached hydrogen (secondary N) is 1. The van der Waals surface area contributed by atoms with E-state index in [0.717, 1.165) is 12.1 Å². The van der Waals surface area contributed by atoms with Crippen LogP contribution in [0.1, 0.15) is 37.8 Å². The van der Waals surface area contributed by atoms with Gasteiger partial charge in [-0.15, -0.1) is 0 Å². The highest BCUT2D eigenvalue weighted by molar-refractivity contribution is 5.85. The van der Waals surface area contributed by atoms with E-state index < -0.39 is 53.1 Å². The van der Waals surface area contributed by atoms with E-state index in [9.17, 15) is 18.0 Å². The summed E-state index contributed by atoms with van der Waals surface area (Å²) >= 11 is 0. The Labute approximate surface area is 225 Å². The van der Waals surface area contributed by atoms with Crippen LogP contribution >= 0.6 is 0 Å². The fourth-order valence-corrected chi connectivity index (χ4v) is 5.30. The van der Waals surface area contributed by atoms with Crippen LogP contribution in [-0.4, -0.2) is 66.9 Å². The molecule has 5 rings (SSSR count). The molecule has 0 unspecified atom stereocenters. The summed E-state index contributed by atoms with van der Waals surface area (Å²) in [5.41, 5.74) is 1.92. The zero-order valence-electron chi connectivity index (χ0n) is 22.0. The third-order valence-corrected chi connectivity index (χ3v) is 7.26. The van der Waals surface area contributed by atoms with Gasteiger partial charge in [0.2, 0.25) is 0 Å². The minimum Gasteiger partial charge on any atom is -0.379 e. The molecular weight excluding hydrogens is 517 g/mol. The zero-order chi connectivity index (χ0) is 27.6. The maximum atomic E-state index is 14.5. The normalized spacial score (nSPS) is 28.7. The summed E-state index contributed by atoms with van der Waals surface area (Å²) in [7, 11) is 0. The van der Waals surface area contributed by atoms with Crippen LogP contribution in [0.4, 0.5) is 13.2 Å². The fraction of sp³-hybridized carbons (Fsp3) is 0.536. The van der Waals surface area contributed by atoms with Gasteiger partial charge in [-0.2, -0.15) is 0 Å². The third kappa shape index (κ3) is 6.45. The SMILES string of the molecule is CC1(C)O[C@H]2[C@@H](OCc3ccc(F)cc3F)C[C@](OCc3ccccc3F)(C(=O)NN3CCOCC3)C[C@H]2O1. The highest BCUT2D eigenvalue weighted by atomic mass is 19.1. The standard InChI is InChI=1S/C28H33F3N2O6/c1-27(2)38-24-15-28(26(34)32-33-9-11-35-12-10-33,37-17-18-5-3-4-6-21(18)30)14-23(25(24)39-27)36-16-19-7-8-20(29)13-22(19)31/h3-8,13,23-25H,9-12,14-17H2,1-2H3,(H,32,34)/t23-,24+,25-,28+/m0/s1. The minimum absolute atomic E-state index is 0.0427. The van der Waals surface area contributed by atoms with Gasteiger partial charge in [0.05, 0.1) is 38.6 Å². The van der Waals surface area contributed by atoms with Crippen molar-refractivity contribution in [1.82, 2.24) is 10.4 Å². The van der Waals surface area contributed by atoms with E-state index in [1.165, 1.54) is 12.1 Å².